The summed E-state index contributed by atoms with van der Waals surface area (Å²) in [5.41, 5.74) is 3.04. The van der Waals surface area contributed by atoms with Gasteiger partial charge in [-0.15, -0.1) is 0 Å². The maximum atomic E-state index is 12.7. The SMILES string of the molecule is COC(=O)[C@H]1O[C@@H](C)[C@H](OCc2ccccc2)[C@@H](OCc2ccccc2)[C@@H]1OCc1ccccc1. The number of methoxy groups -OCH3 is 1. The van der Waals surface area contributed by atoms with Crippen LogP contribution in [0.5, 0.6) is 0 Å². The topological polar surface area (TPSA) is 63.2 Å². The molecule has 3 aromatic carbocycles. The average molecular weight is 477 g/mol. The van der Waals surface area contributed by atoms with Crippen LogP contribution in [-0.4, -0.2) is 43.6 Å². The van der Waals surface area contributed by atoms with E-state index in [1.807, 2.05) is 97.9 Å². The standard InChI is InChI=1S/C29H32O6/c1-21-25(32-18-22-12-6-3-7-13-22)26(33-19-23-14-8-4-9-15-23)27(28(35-21)29(30)31-2)34-20-24-16-10-5-11-17-24/h3-17,21,25-28H,18-20H2,1-2H3/t21-,25-,26+,27-,28-/m0/s1. The van der Waals surface area contributed by atoms with Gasteiger partial charge in [-0.3, -0.25) is 0 Å². The predicted molar refractivity (Wildman–Crippen MR) is 131 cm³/mol. The Balaban J connectivity index is 1.59. The first-order valence-electron chi connectivity index (χ1n) is 11.9. The van der Waals surface area contributed by atoms with Crippen molar-refractivity contribution in [2.75, 3.05) is 7.11 Å². The van der Waals surface area contributed by atoms with Crippen LogP contribution < -0.4 is 0 Å². The zero-order chi connectivity index (χ0) is 24.5. The van der Waals surface area contributed by atoms with Gasteiger partial charge in [0.05, 0.1) is 33.0 Å². The Morgan fingerprint density at radius 3 is 1.49 bits per heavy atom. The summed E-state index contributed by atoms with van der Waals surface area (Å²) in [7, 11) is 1.35. The lowest BCUT2D eigenvalue weighted by Crippen LogP contribution is -2.61. The largest absolute Gasteiger partial charge is 0.467 e. The molecule has 4 rings (SSSR count). The van der Waals surface area contributed by atoms with Crippen LogP contribution >= 0.6 is 0 Å². The van der Waals surface area contributed by atoms with Crippen LogP contribution in [0.15, 0.2) is 91.0 Å². The van der Waals surface area contributed by atoms with Crippen molar-refractivity contribution in [3.05, 3.63) is 108 Å². The monoisotopic (exact) mass is 476 g/mol. The molecule has 35 heavy (non-hydrogen) atoms. The number of ether oxygens (including phenoxy) is 5. The summed E-state index contributed by atoms with van der Waals surface area (Å²) >= 11 is 0. The second-order valence-electron chi connectivity index (χ2n) is 8.57. The van der Waals surface area contributed by atoms with Crippen molar-refractivity contribution in [3.8, 4) is 0 Å². The van der Waals surface area contributed by atoms with Gasteiger partial charge in [0.2, 0.25) is 0 Å². The summed E-state index contributed by atoms with van der Waals surface area (Å²) in [6.07, 6.45) is -3.09. The van der Waals surface area contributed by atoms with Crippen LogP contribution in [0.2, 0.25) is 0 Å². The number of hydrogen-bond acceptors (Lipinski definition) is 6. The minimum absolute atomic E-state index is 0.299. The van der Waals surface area contributed by atoms with E-state index in [2.05, 4.69) is 0 Å². The lowest BCUT2D eigenvalue weighted by Gasteiger charge is -2.44. The van der Waals surface area contributed by atoms with Crippen molar-refractivity contribution < 1.29 is 28.5 Å². The van der Waals surface area contributed by atoms with Crippen molar-refractivity contribution in [1.82, 2.24) is 0 Å². The second-order valence-corrected chi connectivity index (χ2v) is 8.57. The Morgan fingerprint density at radius 2 is 1.06 bits per heavy atom. The van der Waals surface area contributed by atoms with Crippen LogP contribution in [0, 0.1) is 0 Å². The van der Waals surface area contributed by atoms with Crippen LogP contribution in [0.3, 0.4) is 0 Å². The molecule has 0 aliphatic carbocycles. The fourth-order valence-corrected chi connectivity index (χ4v) is 4.22. The van der Waals surface area contributed by atoms with Crippen molar-refractivity contribution in [2.45, 2.75) is 57.3 Å². The minimum atomic E-state index is -0.934. The van der Waals surface area contributed by atoms with Crippen LogP contribution in [-0.2, 0) is 48.3 Å². The zero-order valence-corrected chi connectivity index (χ0v) is 20.1. The zero-order valence-electron chi connectivity index (χ0n) is 20.1. The van der Waals surface area contributed by atoms with Gasteiger partial charge in [-0.05, 0) is 23.6 Å². The first kappa shape index (κ1) is 25.1. The summed E-state index contributed by atoms with van der Waals surface area (Å²) in [6, 6.07) is 29.6. The number of benzene rings is 3. The van der Waals surface area contributed by atoms with E-state index in [0.29, 0.717) is 19.8 Å². The highest BCUT2D eigenvalue weighted by Crippen LogP contribution is 2.31. The molecule has 1 aliphatic rings. The smallest absolute Gasteiger partial charge is 0.337 e. The Bertz CT molecular complexity index is 1030. The highest BCUT2D eigenvalue weighted by molar-refractivity contribution is 5.75. The van der Waals surface area contributed by atoms with Gasteiger partial charge in [0.15, 0.2) is 6.10 Å². The minimum Gasteiger partial charge on any atom is -0.467 e. The summed E-state index contributed by atoms with van der Waals surface area (Å²) in [6.45, 7) is 2.92. The number of esters is 1. The molecular weight excluding hydrogens is 444 g/mol. The Kier molecular flexibility index (Phi) is 9.03. The molecule has 0 unspecified atom stereocenters. The van der Waals surface area contributed by atoms with E-state index >= 15 is 0 Å². The number of hydrogen-bond donors (Lipinski definition) is 0. The molecule has 0 bridgehead atoms. The summed E-state index contributed by atoms with van der Waals surface area (Å²) in [5.74, 6) is -0.496. The predicted octanol–water partition coefficient (Wildman–Crippen LogP) is 4.70. The first-order chi connectivity index (χ1) is 17.2. The molecule has 1 fully saturated rings. The maximum absolute atomic E-state index is 12.7. The van der Waals surface area contributed by atoms with E-state index in [1.54, 1.807) is 0 Å². The Labute approximate surface area is 206 Å². The normalized spacial score (nSPS) is 24.1. The molecule has 0 spiro atoms. The molecular formula is C29H32O6. The second kappa shape index (κ2) is 12.6. The quantitative estimate of drug-likeness (QED) is 0.395. The van der Waals surface area contributed by atoms with Crippen molar-refractivity contribution in [1.29, 1.82) is 0 Å². The van der Waals surface area contributed by atoms with Gasteiger partial charge in [-0.2, -0.15) is 0 Å². The Morgan fingerprint density at radius 1 is 0.657 bits per heavy atom. The molecule has 1 heterocycles. The maximum Gasteiger partial charge on any atom is 0.337 e. The molecule has 184 valence electrons. The van der Waals surface area contributed by atoms with Gasteiger partial charge in [0, 0.05) is 0 Å². The van der Waals surface area contributed by atoms with Crippen LogP contribution in [0.1, 0.15) is 23.6 Å². The first-order valence-corrected chi connectivity index (χ1v) is 11.9. The molecule has 5 atom stereocenters. The average Bonchev–Trinajstić information content (AvgIpc) is 2.91. The highest BCUT2D eigenvalue weighted by atomic mass is 16.6. The molecule has 6 heteroatoms. The highest BCUT2D eigenvalue weighted by Gasteiger charge is 2.50. The molecule has 1 aliphatic heterocycles. The van der Waals surface area contributed by atoms with Crippen LogP contribution in [0.25, 0.3) is 0 Å². The van der Waals surface area contributed by atoms with Crippen LogP contribution in [0.4, 0.5) is 0 Å². The molecule has 1 saturated heterocycles. The molecule has 0 radical (unpaired) electrons. The summed E-state index contributed by atoms with van der Waals surface area (Å²) < 4.78 is 30.3. The third-order valence-corrected chi connectivity index (χ3v) is 6.06. The third-order valence-electron chi connectivity index (χ3n) is 6.06. The number of carbonyl (C=O) groups excluding carboxylic acids is 1. The molecule has 3 aromatic rings. The van der Waals surface area contributed by atoms with E-state index in [1.165, 1.54) is 7.11 Å². The van der Waals surface area contributed by atoms with E-state index in [4.69, 9.17) is 23.7 Å². The lowest BCUT2D eigenvalue weighted by atomic mass is 9.94. The molecule has 6 nitrogen and oxygen atoms in total. The summed E-state index contributed by atoms with van der Waals surface area (Å²) in [5, 5.41) is 0. The van der Waals surface area contributed by atoms with Crippen molar-refractivity contribution in [2.24, 2.45) is 0 Å². The Hall–Kier alpha value is -3.03. The van der Waals surface area contributed by atoms with Gasteiger partial charge in [-0.25, -0.2) is 4.79 Å². The van der Waals surface area contributed by atoms with E-state index in [9.17, 15) is 4.79 Å². The molecule has 0 aromatic heterocycles. The molecule has 0 amide bonds. The number of rotatable bonds is 10. The fourth-order valence-electron chi connectivity index (χ4n) is 4.22. The lowest BCUT2D eigenvalue weighted by molar-refractivity contribution is -0.262. The van der Waals surface area contributed by atoms with Gasteiger partial charge in [0.1, 0.15) is 18.3 Å². The van der Waals surface area contributed by atoms with E-state index < -0.39 is 36.5 Å². The summed E-state index contributed by atoms with van der Waals surface area (Å²) in [4.78, 5) is 12.7. The molecule has 0 N–H and O–H groups in total. The fraction of sp³-hybridized carbons (Fsp3) is 0.345. The van der Waals surface area contributed by atoms with Crippen molar-refractivity contribution in [3.63, 3.8) is 0 Å². The van der Waals surface area contributed by atoms with Gasteiger partial charge in [-0.1, -0.05) is 91.0 Å². The van der Waals surface area contributed by atoms with E-state index in [0.717, 1.165) is 16.7 Å². The van der Waals surface area contributed by atoms with Gasteiger partial charge >= 0.3 is 5.97 Å². The molecule has 0 saturated carbocycles. The van der Waals surface area contributed by atoms with Crippen molar-refractivity contribution >= 4 is 5.97 Å². The van der Waals surface area contributed by atoms with Gasteiger partial charge in [0.25, 0.3) is 0 Å². The third kappa shape index (κ3) is 6.77. The number of carbonyl (C=O) groups is 1. The van der Waals surface area contributed by atoms with E-state index in [-0.39, 0.29) is 0 Å². The van der Waals surface area contributed by atoms with Gasteiger partial charge < -0.3 is 23.7 Å².